The molecule has 6 aromatic rings. The molecule has 0 atom stereocenters. The molecule has 2 heterocycles. The molecule has 0 radical (unpaired) electrons. The van der Waals surface area contributed by atoms with Gasteiger partial charge in [-0.2, -0.15) is 0 Å². The minimum atomic E-state index is -0.608. The van der Waals surface area contributed by atoms with Crippen LogP contribution in [0.2, 0.25) is 0 Å². The fourth-order valence-corrected chi connectivity index (χ4v) is 7.54. The Morgan fingerprint density at radius 2 is 1.00 bits per heavy atom. The van der Waals surface area contributed by atoms with Crippen LogP contribution in [-0.2, 0) is 5.41 Å². The van der Waals surface area contributed by atoms with Gasteiger partial charge in [-0.05, 0) is 117 Å². The summed E-state index contributed by atoms with van der Waals surface area (Å²) >= 11 is 3.50. The predicted molar refractivity (Wildman–Crippen MR) is 163 cm³/mol. The number of phenolic OH excluding ortho intramolecular Hbond substituents is 2. The highest BCUT2D eigenvalue weighted by atomic mass is 32.1. The third kappa shape index (κ3) is 3.59. The highest BCUT2D eigenvalue weighted by Crippen LogP contribution is 2.58. The first kappa shape index (κ1) is 24.0. The zero-order valence-electron chi connectivity index (χ0n) is 21.6. The molecule has 190 valence electrons. The number of hydrogen-bond acceptors (Lipinski definition) is 4. The maximum atomic E-state index is 10.5. The Hall–Kier alpha value is -4.12. The number of aromatic hydroxyl groups is 2. The van der Waals surface area contributed by atoms with Crippen LogP contribution in [-0.4, -0.2) is 10.2 Å². The van der Waals surface area contributed by atoms with Gasteiger partial charge in [-0.3, -0.25) is 0 Å². The fourth-order valence-electron chi connectivity index (χ4n) is 6.09. The van der Waals surface area contributed by atoms with Crippen LogP contribution in [0.1, 0.15) is 33.4 Å². The van der Waals surface area contributed by atoms with Crippen molar-refractivity contribution in [2.24, 2.45) is 0 Å². The summed E-state index contributed by atoms with van der Waals surface area (Å²) in [6.07, 6.45) is 0. The number of thiophene rings is 2. The molecule has 0 spiro atoms. The quantitative estimate of drug-likeness (QED) is 0.232. The van der Waals surface area contributed by atoms with Crippen molar-refractivity contribution in [1.29, 1.82) is 0 Å². The summed E-state index contributed by atoms with van der Waals surface area (Å²) in [4.78, 5) is 2.49. The largest absolute Gasteiger partial charge is 0.508 e. The van der Waals surface area contributed by atoms with Crippen LogP contribution in [0.25, 0.3) is 32.0 Å². The molecule has 4 aromatic carbocycles. The SMILES string of the molecule is Cc1cc(C2(c3ccc(O)c(C)c3)c3ccc(-c4cccs4)cc3-c3cc(-c4cccs4)ccc32)ccc1O. The van der Waals surface area contributed by atoms with Crippen LogP contribution in [0, 0.1) is 13.8 Å². The third-order valence-corrected chi connectivity index (χ3v) is 9.85. The topological polar surface area (TPSA) is 40.5 Å². The van der Waals surface area contributed by atoms with Gasteiger partial charge in [0.25, 0.3) is 0 Å². The van der Waals surface area contributed by atoms with Gasteiger partial charge in [0, 0.05) is 9.75 Å². The molecule has 0 saturated carbocycles. The van der Waals surface area contributed by atoms with Gasteiger partial charge >= 0.3 is 0 Å². The highest BCUT2D eigenvalue weighted by molar-refractivity contribution is 7.13. The summed E-state index contributed by atoms with van der Waals surface area (Å²) in [5.41, 5.74) is 10.5. The van der Waals surface area contributed by atoms with Gasteiger partial charge in [-0.15, -0.1) is 22.7 Å². The lowest BCUT2D eigenvalue weighted by Crippen LogP contribution is -2.28. The lowest BCUT2D eigenvalue weighted by molar-refractivity contribution is 0.470. The summed E-state index contributed by atoms with van der Waals surface area (Å²) in [5, 5.41) is 25.2. The molecule has 7 rings (SSSR count). The van der Waals surface area contributed by atoms with E-state index >= 15 is 0 Å². The molecule has 39 heavy (non-hydrogen) atoms. The fraction of sp³-hybridized carbons (Fsp3) is 0.0857. The second-order valence-electron chi connectivity index (χ2n) is 10.2. The van der Waals surface area contributed by atoms with Crippen LogP contribution >= 0.6 is 22.7 Å². The number of fused-ring (bicyclic) bond motifs is 3. The van der Waals surface area contributed by atoms with Crippen molar-refractivity contribution in [3.63, 3.8) is 0 Å². The Kier molecular flexibility index (Phi) is 5.51. The third-order valence-electron chi connectivity index (χ3n) is 8.01. The lowest BCUT2D eigenvalue weighted by atomic mass is 9.67. The summed E-state index contributed by atoms with van der Waals surface area (Å²) in [6, 6.07) is 34.1. The first-order valence-electron chi connectivity index (χ1n) is 12.9. The molecule has 0 aliphatic heterocycles. The Labute approximate surface area is 236 Å². The van der Waals surface area contributed by atoms with Crippen molar-refractivity contribution < 1.29 is 10.2 Å². The van der Waals surface area contributed by atoms with Gasteiger partial charge in [-0.1, -0.05) is 60.7 Å². The maximum absolute atomic E-state index is 10.5. The van der Waals surface area contributed by atoms with Crippen LogP contribution in [0.15, 0.2) is 108 Å². The number of benzene rings is 4. The van der Waals surface area contributed by atoms with E-state index in [2.05, 4.69) is 83.6 Å². The van der Waals surface area contributed by atoms with Crippen molar-refractivity contribution in [2.75, 3.05) is 0 Å². The van der Waals surface area contributed by atoms with Crippen molar-refractivity contribution in [2.45, 2.75) is 19.3 Å². The Balaban J connectivity index is 1.61. The Morgan fingerprint density at radius 3 is 1.38 bits per heavy atom. The average molecular weight is 543 g/mol. The minimum Gasteiger partial charge on any atom is -0.508 e. The first-order chi connectivity index (χ1) is 19.0. The second-order valence-corrected chi connectivity index (χ2v) is 12.1. The Bertz CT molecular complexity index is 1710. The highest BCUT2D eigenvalue weighted by Gasteiger charge is 2.46. The van der Waals surface area contributed by atoms with Crippen molar-refractivity contribution in [3.8, 4) is 43.5 Å². The van der Waals surface area contributed by atoms with Gasteiger partial charge in [0.05, 0.1) is 5.41 Å². The molecule has 1 aliphatic rings. The van der Waals surface area contributed by atoms with E-state index in [0.717, 1.165) is 22.3 Å². The zero-order valence-corrected chi connectivity index (χ0v) is 23.2. The normalized spacial score (nSPS) is 13.3. The molecular formula is C35H26O2S2. The summed E-state index contributed by atoms with van der Waals surface area (Å²) < 4.78 is 0. The van der Waals surface area contributed by atoms with Crippen molar-refractivity contribution in [3.05, 3.63) is 141 Å². The van der Waals surface area contributed by atoms with Gasteiger partial charge in [-0.25, -0.2) is 0 Å². The number of rotatable bonds is 4. The first-order valence-corrected chi connectivity index (χ1v) is 14.7. The lowest BCUT2D eigenvalue weighted by Gasteiger charge is -2.34. The molecule has 0 amide bonds. The van der Waals surface area contributed by atoms with Crippen molar-refractivity contribution >= 4 is 22.7 Å². The molecule has 2 N–H and O–H groups in total. The number of aryl methyl sites for hydroxylation is 2. The van der Waals surface area contributed by atoms with Crippen molar-refractivity contribution in [1.82, 2.24) is 0 Å². The Morgan fingerprint density at radius 1 is 0.538 bits per heavy atom. The molecule has 0 bridgehead atoms. The van der Waals surface area contributed by atoms with E-state index in [1.54, 1.807) is 34.8 Å². The van der Waals surface area contributed by atoms with Crippen LogP contribution < -0.4 is 0 Å². The minimum absolute atomic E-state index is 0.287. The predicted octanol–water partition coefficient (Wildman–Crippen LogP) is 9.53. The smallest absolute Gasteiger partial charge is 0.118 e. The molecule has 0 fully saturated rings. The van der Waals surface area contributed by atoms with Crippen LogP contribution in [0.3, 0.4) is 0 Å². The van der Waals surface area contributed by atoms with E-state index in [4.69, 9.17) is 0 Å². The van der Waals surface area contributed by atoms with E-state index in [1.807, 2.05) is 26.0 Å². The van der Waals surface area contributed by atoms with Crippen LogP contribution in [0.5, 0.6) is 11.5 Å². The average Bonchev–Trinajstić information content (AvgIpc) is 3.72. The van der Waals surface area contributed by atoms with E-state index in [1.165, 1.54) is 43.1 Å². The van der Waals surface area contributed by atoms with Gasteiger partial charge in [0.15, 0.2) is 0 Å². The number of hydrogen-bond donors (Lipinski definition) is 2. The summed E-state index contributed by atoms with van der Waals surface area (Å²) in [6.45, 7) is 3.90. The standard InChI is InChI=1S/C35H26O2S2/c1-21-17-25(9-13-31(21)36)35(26-10-14-32(37)22(2)18-26)29-11-7-23(33-5-3-15-38-33)19-27(29)28-20-24(8-12-30(28)35)34-6-4-16-39-34/h3-20,36-37H,1-2H3. The monoisotopic (exact) mass is 542 g/mol. The van der Waals surface area contributed by atoms with Gasteiger partial charge < -0.3 is 10.2 Å². The van der Waals surface area contributed by atoms with E-state index < -0.39 is 5.41 Å². The van der Waals surface area contributed by atoms with E-state index in [0.29, 0.717) is 0 Å². The second kappa shape index (κ2) is 8.98. The molecule has 2 aromatic heterocycles. The maximum Gasteiger partial charge on any atom is 0.118 e. The van der Waals surface area contributed by atoms with Gasteiger partial charge in [0.2, 0.25) is 0 Å². The van der Waals surface area contributed by atoms with E-state index in [9.17, 15) is 10.2 Å². The molecule has 1 aliphatic carbocycles. The molecular weight excluding hydrogens is 517 g/mol. The molecule has 0 unspecified atom stereocenters. The molecule has 4 heteroatoms. The molecule has 2 nitrogen and oxygen atoms in total. The van der Waals surface area contributed by atoms with E-state index in [-0.39, 0.29) is 11.5 Å². The summed E-state index contributed by atoms with van der Waals surface area (Å²) in [5.74, 6) is 0.575. The number of phenols is 2. The van der Waals surface area contributed by atoms with Crippen LogP contribution in [0.4, 0.5) is 0 Å². The van der Waals surface area contributed by atoms with Gasteiger partial charge in [0.1, 0.15) is 11.5 Å². The summed E-state index contributed by atoms with van der Waals surface area (Å²) in [7, 11) is 0. The zero-order chi connectivity index (χ0) is 26.7. The molecule has 0 saturated heterocycles.